The molecule has 2 heteroatoms. The lowest BCUT2D eigenvalue weighted by Gasteiger charge is -2.16. The van der Waals surface area contributed by atoms with Crippen molar-refractivity contribution in [2.75, 3.05) is 19.8 Å². The van der Waals surface area contributed by atoms with Crippen molar-refractivity contribution in [3.63, 3.8) is 0 Å². The SMILES string of the molecule is CC#CCCC(CCOCC)NCC. The zero-order chi connectivity index (χ0) is 10.6. The fourth-order valence-electron chi connectivity index (χ4n) is 1.38. The molecule has 0 spiro atoms. The molecular formula is C12H23NO. The van der Waals surface area contributed by atoms with Gasteiger partial charge in [0, 0.05) is 25.7 Å². The average Bonchev–Trinajstić information content (AvgIpc) is 2.18. The van der Waals surface area contributed by atoms with Gasteiger partial charge in [-0.1, -0.05) is 6.92 Å². The highest BCUT2D eigenvalue weighted by atomic mass is 16.5. The lowest BCUT2D eigenvalue weighted by Crippen LogP contribution is -2.30. The van der Waals surface area contributed by atoms with Crippen LogP contribution in [0.25, 0.3) is 0 Å². The van der Waals surface area contributed by atoms with Crippen LogP contribution in [0.5, 0.6) is 0 Å². The van der Waals surface area contributed by atoms with Crippen LogP contribution >= 0.6 is 0 Å². The molecular weight excluding hydrogens is 174 g/mol. The Bertz CT molecular complexity index is 169. The number of nitrogens with one attached hydrogen (secondary N) is 1. The van der Waals surface area contributed by atoms with Crippen LogP contribution < -0.4 is 5.32 Å². The number of rotatable bonds is 8. The fraction of sp³-hybridized carbons (Fsp3) is 0.833. The van der Waals surface area contributed by atoms with Gasteiger partial charge in [0.25, 0.3) is 0 Å². The summed E-state index contributed by atoms with van der Waals surface area (Å²) in [4.78, 5) is 0. The molecule has 1 N–H and O–H groups in total. The minimum atomic E-state index is 0.562. The van der Waals surface area contributed by atoms with Gasteiger partial charge in [-0.15, -0.1) is 11.8 Å². The first-order chi connectivity index (χ1) is 6.85. The summed E-state index contributed by atoms with van der Waals surface area (Å²) in [6.07, 6.45) is 3.20. The van der Waals surface area contributed by atoms with Crippen LogP contribution in [0.3, 0.4) is 0 Å². The minimum Gasteiger partial charge on any atom is -0.382 e. The van der Waals surface area contributed by atoms with Crippen molar-refractivity contribution in [2.24, 2.45) is 0 Å². The van der Waals surface area contributed by atoms with Gasteiger partial charge in [0.1, 0.15) is 0 Å². The maximum Gasteiger partial charge on any atom is 0.0480 e. The summed E-state index contributed by atoms with van der Waals surface area (Å²) in [6.45, 7) is 8.75. The normalized spacial score (nSPS) is 11.9. The smallest absolute Gasteiger partial charge is 0.0480 e. The Morgan fingerprint density at radius 1 is 1.29 bits per heavy atom. The summed E-state index contributed by atoms with van der Waals surface area (Å²) in [5.74, 6) is 6.02. The zero-order valence-corrected chi connectivity index (χ0v) is 9.73. The van der Waals surface area contributed by atoms with E-state index >= 15 is 0 Å². The molecule has 0 fully saturated rings. The van der Waals surface area contributed by atoms with Crippen LogP contribution in [-0.2, 0) is 4.74 Å². The summed E-state index contributed by atoms with van der Waals surface area (Å²) in [7, 11) is 0. The van der Waals surface area contributed by atoms with E-state index in [1.54, 1.807) is 0 Å². The summed E-state index contributed by atoms with van der Waals surface area (Å²) in [5.41, 5.74) is 0. The first-order valence-corrected chi connectivity index (χ1v) is 5.55. The Morgan fingerprint density at radius 3 is 2.64 bits per heavy atom. The van der Waals surface area contributed by atoms with Gasteiger partial charge in [-0.3, -0.25) is 0 Å². The first-order valence-electron chi connectivity index (χ1n) is 5.55. The molecule has 14 heavy (non-hydrogen) atoms. The first kappa shape index (κ1) is 13.5. The molecule has 0 aromatic heterocycles. The van der Waals surface area contributed by atoms with Crippen molar-refractivity contribution < 1.29 is 4.74 Å². The van der Waals surface area contributed by atoms with Crippen LogP contribution in [0.15, 0.2) is 0 Å². The van der Waals surface area contributed by atoms with Crippen molar-refractivity contribution in [2.45, 2.75) is 46.1 Å². The van der Waals surface area contributed by atoms with Gasteiger partial charge in [-0.05, 0) is 33.2 Å². The Hall–Kier alpha value is -0.520. The largest absolute Gasteiger partial charge is 0.382 e. The topological polar surface area (TPSA) is 21.3 Å². The van der Waals surface area contributed by atoms with E-state index in [-0.39, 0.29) is 0 Å². The van der Waals surface area contributed by atoms with E-state index in [9.17, 15) is 0 Å². The van der Waals surface area contributed by atoms with Crippen LogP contribution in [-0.4, -0.2) is 25.8 Å². The van der Waals surface area contributed by atoms with E-state index in [1.165, 1.54) is 0 Å². The second-order valence-corrected chi connectivity index (χ2v) is 3.21. The molecule has 0 aromatic rings. The summed E-state index contributed by atoms with van der Waals surface area (Å²) in [5, 5.41) is 3.45. The lowest BCUT2D eigenvalue weighted by atomic mass is 10.1. The van der Waals surface area contributed by atoms with Gasteiger partial charge in [-0.2, -0.15) is 0 Å². The van der Waals surface area contributed by atoms with Gasteiger partial charge in [-0.25, -0.2) is 0 Å². The number of hydrogen-bond acceptors (Lipinski definition) is 2. The van der Waals surface area contributed by atoms with Crippen molar-refractivity contribution >= 4 is 0 Å². The van der Waals surface area contributed by atoms with Crippen molar-refractivity contribution in [1.29, 1.82) is 0 Å². The monoisotopic (exact) mass is 197 g/mol. The summed E-state index contributed by atoms with van der Waals surface area (Å²) in [6, 6.07) is 0.562. The summed E-state index contributed by atoms with van der Waals surface area (Å²) >= 11 is 0. The molecule has 0 aromatic carbocycles. The Kier molecular flexibility index (Phi) is 10.2. The fourth-order valence-corrected chi connectivity index (χ4v) is 1.38. The molecule has 0 aliphatic rings. The predicted octanol–water partition coefficient (Wildman–Crippen LogP) is 2.19. The van der Waals surface area contributed by atoms with Crippen molar-refractivity contribution in [3.05, 3.63) is 0 Å². The molecule has 1 unspecified atom stereocenters. The number of hydrogen-bond donors (Lipinski definition) is 1. The van der Waals surface area contributed by atoms with Gasteiger partial charge < -0.3 is 10.1 Å². The van der Waals surface area contributed by atoms with Gasteiger partial charge >= 0.3 is 0 Å². The third kappa shape index (κ3) is 8.10. The lowest BCUT2D eigenvalue weighted by molar-refractivity contribution is 0.135. The predicted molar refractivity (Wildman–Crippen MR) is 61.3 cm³/mol. The standard InChI is InChI=1S/C12H23NO/c1-4-7-8-9-12(13-5-2)10-11-14-6-3/h12-13H,5-6,8-11H2,1-3H3. The van der Waals surface area contributed by atoms with Crippen LogP contribution in [0.1, 0.15) is 40.0 Å². The number of ether oxygens (including phenoxy) is 1. The molecule has 1 atom stereocenters. The maximum atomic E-state index is 5.34. The molecule has 0 rings (SSSR count). The molecule has 0 saturated carbocycles. The molecule has 82 valence electrons. The van der Waals surface area contributed by atoms with E-state index < -0.39 is 0 Å². The third-order valence-electron chi connectivity index (χ3n) is 2.10. The summed E-state index contributed by atoms with van der Waals surface area (Å²) < 4.78 is 5.34. The van der Waals surface area contributed by atoms with E-state index in [2.05, 4.69) is 24.1 Å². The van der Waals surface area contributed by atoms with E-state index in [0.717, 1.165) is 39.0 Å². The third-order valence-corrected chi connectivity index (χ3v) is 2.10. The van der Waals surface area contributed by atoms with E-state index in [4.69, 9.17) is 4.74 Å². The van der Waals surface area contributed by atoms with Crippen LogP contribution in [0.4, 0.5) is 0 Å². The molecule has 0 aliphatic carbocycles. The molecule has 0 heterocycles. The molecule has 0 radical (unpaired) electrons. The Balaban J connectivity index is 3.57. The second-order valence-electron chi connectivity index (χ2n) is 3.21. The van der Waals surface area contributed by atoms with Gasteiger partial charge in [0.2, 0.25) is 0 Å². The van der Waals surface area contributed by atoms with Crippen molar-refractivity contribution in [1.82, 2.24) is 5.32 Å². The van der Waals surface area contributed by atoms with Gasteiger partial charge in [0.05, 0.1) is 0 Å². The van der Waals surface area contributed by atoms with Crippen LogP contribution in [0, 0.1) is 11.8 Å². The average molecular weight is 197 g/mol. The second kappa shape index (κ2) is 10.6. The van der Waals surface area contributed by atoms with E-state index in [1.807, 2.05) is 13.8 Å². The minimum absolute atomic E-state index is 0.562. The molecule has 0 saturated heterocycles. The zero-order valence-electron chi connectivity index (χ0n) is 9.73. The molecule has 0 aliphatic heterocycles. The molecule has 0 bridgehead atoms. The highest BCUT2D eigenvalue weighted by Gasteiger charge is 2.05. The van der Waals surface area contributed by atoms with Gasteiger partial charge in [0.15, 0.2) is 0 Å². The highest BCUT2D eigenvalue weighted by Crippen LogP contribution is 2.01. The maximum absolute atomic E-state index is 5.34. The van der Waals surface area contributed by atoms with Crippen LogP contribution in [0.2, 0.25) is 0 Å². The quantitative estimate of drug-likeness (QED) is 0.476. The Labute approximate surface area is 88.4 Å². The van der Waals surface area contributed by atoms with E-state index in [0.29, 0.717) is 6.04 Å². The highest BCUT2D eigenvalue weighted by molar-refractivity contribution is 4.95. The molecule has 2 nitrogen and oxygen atoms in total. The van der Waals surface area contributed by atoms with Crippen molar-refractivity contribution in [3.8, 4) is 11.8 Å². The molecule has 0 amide bonds. The Morgan fingerprint density at radius 2 is 2.07 bits per heavy atom.